The Labute approximate surface area is 130 Å². The zero-order chi connectivity index (χ0) is 14.9. The molecule has 0 bridgehead atoms. The van der Waals surface area contributed by atoms with Gasteiger partial charge in [0, 0.05) is 11.7 Å². The van der Waals surface area contributed by atoms with Crippen molar-refractivity contribution in [3.8, 4) is 0 Å². The van der Waals surface area contributed by atoms with Crippen molar-refractivity contribution < 1.29 is 0 Å². The minimum atomic E-state index is 0.491. The van der Waals surface area contributed by atoms with Gasteiger partial charge in [-0.05, 0) is 50.3 Å². The summed E-state index contributed by atoms with van der Waals surface area (Å²) in [4.78, 5) is 0. The largest absolute Gasteiger partial charge is 0.379 e. The first-order chi connectivity index (χ1) is 10.3. The zero-order valence-electron chi connectivity index (χ0n) is 13.8. The number of hydrogen-bond donors (Lipinski definition) is 1. The van der Waals surface area contributed by atoms with Crippen molar-refractivity contribution in [2.45, 2.75) is 77.7 Å². The van der Waals surface area contributed by atoms with Gasteiger partial charge in [0.05, 0.1) is 0 Å². The van der Waals surface area contributed by atoms with Gasteiger partial charge in [0.2, 0.25) is 0 Å². The molecule has 1 atom stereocenters. The van der Waals surface area contributed by atoms with E-state index >= 15 is 0 Å². The Kier molecular flexibility index (Phi) is 6.85. The van der Waals surface area contributed by atoms with E-state index in [0.29, 0.717) is 6.04 Å². The van der Waals surface area contributed by atoms with Crippen molar-refractivity contribution in [3.63, 3.8) is 0 Å². The maximum absolute atomic E-state index is 3.76. The fraction of sp³-hybridized carbons (Fsp3) is 0.600. The molecule has 1 nitrogen and oxygen atoms in total. The van der Waals surface area contributed by atoms with Crippen LogP contribution in [0.3, 0.4) is 0 Å². The molecule has 116 valence electrons. The van der Waals surface area contributed by atoms with Crippen molar-refractivity contribution in [3.05, 3.63) is 41.5 Å². The second kappa shape index (κ2) is 8.92. The summed E-state index contributed by atoms with van der Waals surface area (Å²) in [6.07, 6.45) is 17.1. The van der Waals surface area contributed by atoms with Crippen LogP contribution >= 0.6 is 0 Å². The van der Waals surface area contributed by atoms with Gasteiger partial charge in [-0.2, -0.15) is 0 Å². The number of nitrogens with one attached hydrogen (secondary N) is 1. The average Bonchev–Trinajstić information content (AvgIpc) is 2.45. The van der Waals surface area contributed by atoms with Crippen LogP contribution in [0.15, 0.2) is 30.4 Å². The zero-order valence-corrected chi connectivity index (χ0v) is 13.8. The summed E-state index contributed by atoms with van der Waals surface area (Å²) in [5, 5.41) is 3.76. The third-order valence-corrected chi connectivity index (χ3v) is 4.49. The first-order valence-corrected chi connectivity index (χ1v) is 8.76. The summed E-state index contributed by atoms with van der Waals surface area (Å²) in [7, 11) is 0. The molecule has 0 radical (unpaired) electrons. The van der Waals surface area contributed by atoms with Crippen LogP contribution in [-0.2, 0) is 0 Å². The standard InChI is InChI=1S/C20H31N/c1-17-14-15-18(2)20(16-17)21-19-12-10-8-6-4-3-5-7-9-11-13-19/h10,12,14-16,19,21H,3-9,11,13H2,1-2H3/b12-10-. The monoisotopic (exact) mass is 285 g/mol. The quantitative estimate of drug-likeness (QED) is 0.641. The van der Waals surface area contributed by atoms with Crippen LogP contribution in [0.4, 0.5) is 5.69 Å². The maximum Gasteiger partial charge on any atom is 0.0444 e. The predicted octanol–water partition coefficient (Wildman–Crippen LogP) is 6.16. The second-order valence-corrected chi connectivity index (χ2v) is 6.55. The van der Waals surface area contributed by atoms with Gasteiger partial charge in [-0.25, -0.2) is 0 Å². The van der Waals surface area contributed by atoms with E-state index in [1.165, 1.54) is 74.6 Å². The molecule has 21 heavy (non-hydrogen) atoms. The van der Waals surface area contributed by atoms with Gasteiger partial charge in [0.25, 0.3) is 0 Å². The van der Waals surface area contributed by atoms with Crippen LogP contribution in [0, 0.1) is 13.8 Å². The van der Waals surface area contributed by atoms with Crippen molar-refractivity contribution in [2.24, 2.45) is 0 Å². The molecule has 1 aromatic rings. The molecule has 1 N–H and O–H groups in total. The molecular weight excluding hydrogens is 254 g/mol. The topological polar surface area (TPSA) is 12.0 Å². The lowest BCUT2D eigenvalue weighted by Crippen LogP contribution is -2.17. The summed E-state index contributed by atoms with van der Waals surface area (Å²) < 4.78 is 0. The maximum atomic E-state index is 3.76. The van der Waals surface area contributed by atoms with Gasteiger partial charge in [0.15, 0.2) is 0 Å². The number of benzene rings is 1. The Balaban J connectivity index is 1.99. The third kappa shape index (κ3) is 5.95. The Morgan fingerprint density at radius 1 is 0.905 bits per heavy atom. The van der Waals surface area contributed by atoms with Crippen LogP contribution in [0.25, 0.3) is 0 Å². The molecule has 1 aliphatic carbocycles. The van der Waals surface area contributed by atoms with Crippen molar-refractivity contribution in [1.82, 2.24) is 0 Å². The van der Waals surface area contributed by atoms with Gasteiger partial charge >= 0.3 is 0 Å². The predicted molar refractivity (Wildman–Crippen MR) is 94.0 cm³/mol. The number of rotatable bonds is 2. The highest BCUT2D eigenvalue weighted by molar-refractivity contribution is 5.53. The molecule has 0 amide bonds. The molecule has 0 aliphatic heterocycles. The van der Waals surface area contributed by atoms with Crippen LogP contribution < -0.4 is 5.32 Å². The molecule has 1 unspecified atom stereocenters. The lowest BCUT2D eigenvalue weighted by molar-refractivity contribution is 0.557. The lowest BCUT2D eigenvalue weighted by atomic mass is 10.0. The highest BCUT2D eigenvalue weighted by atomic mass is 14.9. The summed E-state index contributed by atoms with van der Waals surface area (Å²) in [6.45, 7) is 4.36. The molecule has 0 saturated heterocycles. The molecule has 0 fully saturated rings. The molecule has 0 saturated carbocycles. The van der Waals surface area contributed by atoms with Gasteiger partial charge in [-0.15, -0.1) is 0 Å². The smallest absolute Gasteiger partial charge is 0.0444 e. The van der Waals surface area contributed by atoms with Gasteiger partial charge in [0.1, 0.15) is 0 Å². The SMILES string of the molecule is Cc1ccc(C)c(NC2/C=C\CCCCCCCCC2)c1. The highest BCUT2D eigenvalue weighted by Gasteiger charge is 2.07. The van der Waals surface area contributed by atoms with E-state index in [4.69, 9.17) is 0 Å². The van der Waals surface area contributed by atoms with Crippen molar-refractivity contribution >= 4 is 5.69 Å². The highest BCUT2D eigenvalue weighted by Crippen LogP contribution is 2.20. The normalized spacial score (nSPS) is 22.9. The van der Waals surface area contributed by atoms with Gasteiger partial charge in [-0.1, -0.05) is 62.8 Å². The first kappa shape index (κ1) is 16.1. The molecule has 1 heteroatoms. The van der Waals surface area contributed by atoms with Crippen LogP contribution in [0.2, 0.25) is 0 Å². The molecule has 0 aromatic heterocycles. The number of allylic oxidation sites excluding steroid dienone is 1. The second-order valence-electron chi connectivity index (χ2n) is 6.55. The summed E-state index contributed by atoms with van der Waals surface area (Å²) >= 11 is 0. The molecular formula is C20H31N. The van der Waals surface area contributed by atoms with Crippen molar-refractivity contribution in [2.75, 3.05) is 5.32 Å². The number of anilines is 1. The first-order valence-electron chi connectivity index (χ1n) is 8.76. The Hall–Kier alpha value is -1.24. The Morgan fingerprint density at radius 2 is 1.62 bits per heavy atom. The van der Waals surface area contributed by atoms with E-state index in [2.05, 4.69) is 49.5 Å². The minimum absolute atomic E-state index is 0.491. The summed E-state index contributed by atoms with van der Waals surface area (Å²) in [5.74, 6) is 0. The fourth-order valence-electron chi connectivity index (χ4n) is 3.08. The van der Waals surface area contributed by atoms with Gasteiger partial charge < -0.3 is 5.32 Å². The van der Waals surface area contributed by atoms with Gasteiger partial charge in [-0.3, -0.25) is 0 Å². The van der Waals surface area contributed by atoms with Crippen LogP contribution in [0.5, 0.6) is 0 Å². The Morgan fingerprint density at radius 3 is 2.43 bits per heavy atom. The minimum Gasteiger partial charge on any atom is -0.379 e. The average molecular weight is 285 g/mol. The summed E-state index contributed by atoms with van der Waals surface area (Å²) in [6, 6.07) is 7.18. The van der Waals surface area contributed by atoms with Crippen LogP contribution in [-0.4, -0.2) is 6.04 Å². The molecule has 2 rings (SSSR count). The summed E-state index contributed by atoms with van der Waals surface area (Å²) in [5.41, 5.74) is 3.98. The fourth-order valence-corrected chi connectivity index (χ4v) is 3.08. The van der Waals surface area contributed by atoms with E-state index < -0.39 is 0 Å². The van der Waals surface area contributed by atoms with Crippen molar-refractivity contribution in [1.29, 1.82) is 0 Å². The molecule has 1 aliphatic rings. The van der Waals surface area contributed by atoms with E-state index in [9.17, 15) is 0 Å². The number of aryl methyl sites for hydroxylation is 2. The van der Waals surface area contributed by atoms with E-state index in [1.54, 1.807) is 0 Å². The molecule has 1 aromatic carbocycles. The number of hydrogen-bond acceptors (Lipinski definition) is 1. The molecule has 0 spiro atoms. The lowest BCUT2D eigenvalue weighted by Gasteiger charge is -2.19. The third-order valence-electron chi connectivity index (χ3n) is 4.49. The molecule has 0 heterocycles. The van der Waals surface area contributed by atoms with E-state index in [0.717, 1.165) is 0 Å². The Bertz CT molecular complexity index is 447. The van der Waals surface area contributed by atoms with E-state index in [-0.39, 0.29) is 0 Å². The van der Waals surface area contributed by atoms with Crippen LogP contribution in [0.1, 0.15) is 68.9 Å². The van der Waals surface area contributed by atoms with E-state index in [1.807, 2.05) is 0 Å².